The molecule has 1 heterocycles. The maximum Gasteiger partial charge on any atom is 1.00 e. The van der Waals surface area contributed by atoms with Crippen LogP contribution in [0.4, 0.5) is 0 Å². The first kappa shape index (κ1) is 51.5. The molecule has 0 radical (unpaired) electrons. The molecule has 1 saturated heterocycles. The Morgan fingerprint density at radius 2 is 0.400 bits per heavy atom. The third-order valence-electron chi connectivity index (χ3n) is 1.20. The molecule has 0 amide bonds. The Kier molecular flexibility index (Phi) is 34.1. The molecular formula is K3Na3O18P6. The topological polar surface area (TPSA) is 296 Å². The molecule has 30 heavy (non-hydrogen) atoms. The number of rotatable bonds is 0. The van der Waals surface area contributed by atoms with Crippen LogP contribution in [0.3, 0.4) is 0 Å². The minimum atomic E-state index is -6.56. The van der Waals surface area contributed by atoms with Gasteiger partial charge in [-0.05, 0) is 0 Å². The average Bonchev–Trinajstić information content (AvgIpc) is 1.98. The molecule has 144 valence electrons. The van der Waals surface area contributed by atoms with Gasteiger partial charge in [-0.15, -0.1) is 0 Å². The van der Waals surface area contributed by atoms with Gasteiger partial charge in [-0.2, -0.15) is 0 Å². The van der Waals surface area contributed by atoms with Crippen LogP contribution in [0.1, 0.15) is 0 Å². The van der Waals surface area contributed by atoms with Gasteiger partial charge >= 0.3 is 243 Å². The van der Waals surface area contributed by atoms with Gasteiger partial charge in [0, 0.05) is 0 Å². The van der Waals surface area contributed by atoms with Crippen LogP contribution < -0.4 is 272 Å². The average molecular weight is 660 g/mol. The van der Waals surface area contributed by atoms with Crippen molar-refractivity contribution in [2.24, 2.45) is 0 Å². The molecule has 18 nitrogen and oxygen atoms in total. The molecule has 0 bridgehead atoms. The second-order valence-electron chi connectivity index (χ2n) is 3.17. The predicted molar refractivity (Wildman–Crippen MR) is 52.1 cm³/mol. The van der Waals surface area contributed by atoms with Gasteiger partial charge in [0.2, 0.25) is 0 Å². The summed E-state index contributed by atoms with van der Waals surface area (Å²) in [5.41, 5.74) is 0. The molecule has 0 aliphatic carbocycles. The second-order valence-corrected chi connectivity index (χ2v) is 12.5. The standard InChI is InChI=1S/3K.3Na.H6O18P6/c;;;;;;1-19(2)13-20(3,4)15-22(7,8)17-24(11,12)18-23(9,10)16-21(5,6)14-19/h;;;;;;(H,1,2)(H,3,4)(H,5,6)(H,7,8)(H,9,10)(H,11,12)/q6*+1;/p-6. The van der Waals surface area contributed by atoms with Crippen LogP contribution in [-0.2, 0) is 53.3 Å². The van der Waals surface area contributed by atoms with Gasteiger partial charge in [0.05, 0.1) is 0 Å². The summed E-state index contributed by atoms with van der Waals surface area (Å²) in [6, 6.07) is 0. The molecule has 1 fully saturated rings. The maximum atomic E-state index is 11.0. The van der Waals surface area contributed by atoms with Crippen LogP contribution in [-0.4, -0.2) is 0 Å². The van der Waals surface area contributed by atoms with E-state index in [1.165, 1.54) is 0 Å². The van der Waals surface area contributed by atoms with Gasteiger partial charge in [0.1, 0.15) is 0 Å². The summed E-state index contributed by atoms with van der Waals surface area (Å²) in [7, 11) is -39.3. The molecule has 0 aromatic carbocycles. The molecule has 0 aromatic heterocycles. The van der Waals surface area contributed by atoms with Gasteiger partial charge in [-0.3, -0.25) is 27.4 Å². The van der Waals surface area contributed by atoms with E-state index < -0.39 is 46.9 Å². The minimum Gasteiger partial charge on any atom is -0.756 e. The van der Waals surface area contributed by atoms with Gasteiger partial charge in [-0.25, -0.2) is 25.9 Å². The van der Waals surface area contributed by atoms with E-state index >= 15 is 0 Å². The van der Waals surface area contributed by atoms with Crippen molar-refractivity contribution in [1.29, 1.82) is 0 Å². The van der Waals surface area contributed by atoms with Gasteiger partial charge in [0.15, 0.2) is 0 Å². The summed E-state index contributed by atoms with van der Waals surface area (Å²) in [5.74, 6) is 0. The summed E-state index contributed by atoms with van der Waals surface area (Å²) < 4.78 is 83.4. The minimum absolute atomic E-state index is 0. The van der Waals surface area contributed by atoms with E-state index in [0.29, 0.717) is 0 Å². The Hall–Kier alpha value is 8.81. The molecule has 30 heteroatoms. The van der Waals surface area contributed by atoms with Gasteiger partial charge in [0.25, 0.3) is 46.9 Å². The van der Waals surface area contributed by atoms with Crippen molar-refractivity contribution in [3.63, 3.8) is 0 Å². The Morgan fingerprint density at radius 1 is 0.333 bits per heavy atom. The van der Waals surface area contributed by atoms with E-state index in [2.05, 4.69) is 25.9 Å². The maximum absolute atomic E-state index is 11.0. The molecule has 0 atom stereocenters. The molecule has 0 spiro atoms. The molecule has 0 N–H and O–H groups in total. The van der Waals surface area contributed by atoms with Crippen molar-refractivity contribution in [2.45, 2.75) is 0 Å². The van der Waals surface area contributed by atoms with E-state index in [-0.39, 0.29) is 243 Å². The zero-order chi connectivity index (χ0) is 19.2. The molecule has 1 aliphatic rings. The van der Waals surface area contributed by atoms with Gasteiger partial charge < -0.3 is 29.4 Å². The molecule has 0 saturated carbocycles. The predicted octanol–water partition coefficient (Wildman–Crippen LogP) is -21.1. The van der Waals surface area contributed by atoms with Crippen LogP contribution >= 0.6 is 46.9 Å². The fourth-order valence-electron chi connectivity index (χ4n) is 0.824. The van der Waals surface area contributed by atoms with Crippen LogP contribution in [0, 0.1) is 0 Å². The van der Waals surface area contributed by atoms with E-state index in [0.717, 1.165) is 0 Å². The Balaban J connectivity index is -0.000000240. The normalized spacial score (nSPS) is 44.2. The monoisotopic (exact) mass is 660 g/mol. The number of phosphoric acid groups is 6. The summed E-state index contributed by atoms with van der Waals surface area (Å²) in [4.78, 5) is 65.8. The fourth-order valence-corrected chi connectivity index (χ4v) is 9.03. The van der Waals surface area contributed by atoms with Crippen LogP contribution in [0.2, 0.25) is 0 Å². The summed E-state index contributed by atoms with van der Waals surface area (Å²) in [6.45, 7) is 0. The van der Waals surface area contributed by atoms with E-state index in [9.17, 15) is 56.8 Å². The van der Waals surface area contributed by atoms with Crippen molar-refractivity contribution >= 4 is 46.9 Å². The number of hydrogen-bond donors (Lipinski definition) is 0. The van der Waals surface area contributed by atoms with Crippen LogP contribution in [0.5, 0.6) is 0 Å². The zero-order valence-corrected chi connectivity index (χ0v) is 36.8. The van der Waals surface area contributed by atoms with Crippen LogP contribution in [0.25, 0.3) is 0 Å². The van der Waals surface area contributed by atoms with Gasteiger partial charge in [-0.1, -0.05) is 0 Å². The third-order valence-corrected chi connectivity index (χ3v) is 10.8. The third kappa shape index (κ3) is 23.5. The summed E-state index contributed by atoms with van der Waals surface area (Å²) in [5, 5.41) is 0. The first-order valence-electron chi connectivity index (χ1n) is 4.38. The smallest absolute Gasteiger partial charge is 0.756 e. The second kappa shape index (κ2) is 19.8. The molecule has 1 rings (SSSR count). The Morgan fingerprint density at radius 3 is 0.467 bits per heavy atom. The first-order chi connectivity index (χ1) is 10.2. The largest absolute Gasteiger partial charge is 1.00 e. The SMILES string of the molecule is O=P1([O-])OP(=O)([O-])OP(=O)([O-])OP(=O)([O-])OP(=O)([O-])OP(=O)([O-])O1.[K+].[K+].[K+].[Na+].[Na+].[Na+]. The molecule has 0 unspecified atom stereocenters. The zero-order valence-electron chi connectivity index (χ0n) is 16.0. The first-order valence-corrected chi connectivity index (χ1v) is 13.1. The fraction of sp³-hybridized carbons (Fsp3) is 0. The van der Waals surface area contributed by atoms with Crippen molar-refractivity contribution in [3.8, 4) is 0 Å². The van der Waals surface area contributed by atoms with E-state index in [1.807, 2.05) is 0 Å². The van der Waals surface area contributed by atoms with Crippen molar-refractivity contribution in [2.75, 3.05) is 0 Å². The van der Waals surface area contributed by atoms with Crippen molar-refractivity contribution < 1.29 is 325 Å². The number of hydrogen-bond acceptors (Lipinski definition) is 18. The Bertz CT molecular complexity index is 602. The van der Waals surface area contributed by atoms with Crippen LogP contribution in [0.15, 0.2) is 0 Å². The molecule has 0 aromatic rings. The Labute approximate surface area is 362 Å². The summed E-state index contributed by atoms with van der Waals surface area (Å²) in [6.07, 6.45) is 0. The quantitative estimate of drug-likeness (QED) is 0.172. The molecular weight excluding hydrogens is 660 g/mol. The van der Waals surface area contributed by atoms with Crippen molar-refractivity contribution in [3.05, 3.63) is 0 Å². The van der Waals surface area contributed by atoms with E-state index in [1.54, 1.807) is 0 Å². The molecule has 1 aliphatic heterocycles. The van der Waals surface area contributed by atoms with E-state index in [4.69, 9.17) is 0 Å². The van der Waals surface area contributed by atoms with Crippen molar-refractivity contribution in [1.82, 2.24) is 0 Å². The summed E-state index contributed by atoms with van der Waals surface area (Å²) >= 11 is 0.